The molecule has 0 N–H and O–H groups in total. The Hall–Kier alpha value is -1.44. The second-order valence-electron chi connectivity index (χ2n) is 3.83. The SMILES string of the molecule is CSc1cccc(OCc2ccccc2Br)c1C#N. The molecule has 0 bridgehead atoms. The van der Waals surface area contributed by atoms with Crippen LogP contribution in [0.3, 0.4) is 0 Å². The van der Waals surface area contributed by atoms with E-state index in [0.717, 1.165) is 14.9 Å². The Bertz CT molecular complexity index is 622. The van der Waals surface area contributed by atoms with Crippen LogP contribution in [0.2, 0.25) is 0 Å². The molecule has 0 aliphatic heterocycles. The molecular weight excluding hydrogens is 322 g/mol. The van der Waals surface area contributed by atoms with Crippen LogP contribution in [-0.4, -0.2) is 6.26 Å². The first-order valence-electron chi connectivity index (χ1n) is 5.69. The number of halogens is 1. The third-order valence-corrected chi connectivity index (χ3v) is 4.21. The van der Waals surface area contributed by atoms with Gasteiger partial charge in [-0.25, -0.2) is 0 Å². The monoisotopic (exact) mass is 333 g/mol. The number of hydrogen-bond donors (Lipinski definition) is 0. The van der Waals surface area contributed by atoms with Gasteiger partial charge in [0, 0.05) is 14.9 Å². The van der Waals surface area contributed by atoms with Gasteiger partial charge in [0.15, 0.2) is 0 Å². The molecule has 0 radical (unpaired) electrons. The van der Waals surface area contributed by atoms with Gasteiger partial charge in [-0.1, -0.05) is 40.2 Å². The second-order valence-corrected chi connectivity index (χ2v) is 5.53. The molecule has 0 saturated carbocycles. The number of hydrogen-bond acceptors (Lipinski definition) is 3. The number of ether oxygens (including phenoxy) is 1. The fourth-order valence-electron chi connectivity index (χ4n) is 1.68. The van der Waals surface area contributed by atoms with Crippen molar-refractivity contribution in [2.45, 2.75) is 11.5 Å². The van der Waals surface area contributed by atoms with Gasteiger partial charge in [-0.2, -0.15) is 5.26 Å². The molecule has 2 nitrogen and oxygen atoms in total. The zero-order valence-corrected chi connectivity index (χ0v) is 12.8. The van der Waals surface area contributed by atoms with Crippen LogP contribution in [-0.2, 0) is 6.61 Å². The lowest BCUT2D eigenvalue weighted by Crippen LogP contribution is -1.98. The van der Waals surface area contributed by atoms with Crippen LogP contribution in [0, 0.1) is 11.3 Å². The molecule has 0 fully saturated rings. The van der Waals surface area contributed by atoms with Crippen LogP contribution in [0.25, 0.3) is 0 Å². The Morgan fingerprint density at radius 2 is 2.00 bits per heavy atom. The van der Waals surface area contributed by atoms with Crippen molar-refractivity contribution in [2.24, 2.45) is 0 Å². The van der Waals surface area contributed by atoms with Gasteiger partial charge >= 0.3 is 0 Å². The normalized spacial score (nSPS) is 9.95. The van der Waals surface area contributed by atoms with Gasteiger partial charge in [0.05, 0.1) is 0 Å². The van der Waals surface area contributed by atoms with Gasteiger partial charge in [-0.05, 0) is 24.5 Å². The Kier molecular flexibility index (Phi) is 4.89. The molecule has 0 atom stereocenters. The third-order valence-electron chi connectivity index (χ3n) is 2.66. The van der Waals surface area contributed by atoms with Crippen molar-refractivity contribution in [1.29, 1.82) is 5.26 Å². The molecule has 0 aliphatic carbocycles. The predicted molar refractivity (Wildman–Crippen MR) is 81.4 cm³/mol. The van der Waals surface area contributed by atoms with Crippen molar-refractivity contribution >= 4 is 27.7 Å². The van der Waals surface area contributed by atoms with E-state index in [1.165, 1.54) is 0 Å². The van der Waals surface area contributed by atoms with Crippen LogP contribution >= 0.6 is 27.7 Å². The Morgan fingerprint density at radius 1 is 1.21 bits per heavy atom. The minimum atomic E-state index is 0.438. The van der Waals surface area contributed by atoms with Crippen molar-refractivity contribution in [3.63, 3.8) is 0 Å². The molecule has 2 aromatic carbocycles. The highest BCUT2D eigenvalue weighted by molar-refractivity contribution is 9.10. The maximum absolute atomic E-state index is 9.23. The largest absolute Gasteiger partial charge is 0.487 e. The molecule has 0 aromatic heterocycles. The van der Waals surface area contributed by atoms with Gasteiger partial charge < -0.3 is 4.74 Å². The van der Waals surface area contributed by atoms with E-state index in [9.17, 15) is 5.26 Å². The molecule has 0 aliphatic rings. The van der Waals surface area contributed by atoms with Gasteiger partial charge in [-0.15, -0.1) is 11.8 Å². The van der Waals surface area contributed by atoms with Gasteiger partial charge in [0.25, 0.3) is 0 Å². The minimum absolute atomic E-state index is 0.438. The van der Waals surface area contributed by atoms with Crippen molar-refractivity contribution in [1.82, 2.24) is 0 Å². The van der Waals surface area contributed by atoms with Crippen molar-refractivity contribution in [2.75, 3.05) is 6.26 Å². The molecule has 2 rings (SSSR count). The van der Waals surface area contributed by atoms with Crippen molar-refractivity contribution in [3.8, 4) is 11.8 Å². The summed E-state index contributed by atoms with van der Waals surface area (Å²) in [7, 11) is 0. The van der Waals surface area contributed by atoms with Crippen LogP contribution in [0.5, 0.6) is 5.75 Å². The van der Waals surface area contributed by atoms with E-state index in [2.05, 4.69) is 22.0 Å². The predicted octanol–water partition coefficient (Wildman–Crippen LogP) is 4.62. The van der Waals surface area contributed by atoms with Crippen molar-refractivity contribution < 1.29 is 4.74 Å². The zero-order valence-electron chi connectivity index (χ0n) is 10.4. The molecule has 0 saturated heterocycles. The van der Waals surface area contributed by atoms with E-state index in [1.54, 1.807) is 11.8 Å². The third kappa shape index (κ3) is 3.31. The first-order chi connectivity index (χ1) is 9.26. The van der Waals surface area contributed by atoms with Crippen LogP contribution in [0.1, 0.15) is 11.1 Å². The molecule has 0 spiro atoms. The molecular formula is C15H12BrNOS. The topological polar surface area (TPSA) is 33.0 Å². The summed E-state index contributed by atoms with van der Waals surface area (Å²) in [4.78, 5) is 0.937. The number of benzene rings is 2. The summed E-state index contributed by atoms with van der Waals surface area (Å²) in [5.41, 5.74) is 1.66. The van der Waals surface area contributed by atoms with E-state index in [1.807, 2.05) is 48.7 Å². The number of thioether (sulfide) groups is 1. The average molecular weight is 334 g/mol. The summed E-state index contributed by atoms with van der Waals surface area (Å²) in [6, 6.07) is 15.8. The van der Waals surface area contributed by atoms with E-state index in [0.29, 0.717) is 17.9 Å². The van der Waals surface area contributed by atoms with Crippen LogP contribution < -0.4 is 4.74 Å². The summed E-state index contributed by atoms with van der Waals surface area (Å²) in [5.74, 6) is 0.630. The summed E-state index contributed by atoms with van der Waals surface area (Å²) in [6.45, 7) is 0.438. The summed E-state index contributed by atoms with van der Waals surface area (Å²) >= 11 is 5.03. The lowest BCUT2D eigenvalue weighted by molar-refractivity contribution is 0.304. The maximum atomic E-state index is 9.23. The average Bonchev–Trinajstić information content (AvgIpc) is 2.45. The highest BCUT2D eigenvalue weighted by Gasteiger charge is 2.09. The fourth-order valence-corrected chi connectivity index (χ4v) is 2.65. The lowest BCUT2D eigenvalue weighted by atomic mass is 10.2. The molecule has 0 unspecified atom stereocenters. The van der Waals surface area contributed by atoms with E-state index in [-0.39, 0.29) is 0 Å². The molecule has 96 valence electrons. The lowest BCUT2D eigenvalue weighted by Gasteiger charge is -2.11. The minimum Gasteiger partial charge on any atom is -0.487 e. The van der Waals surface area contributed by atoms with E-state index < -0.39 is 0 Å². The quantitative estimate of drug-likeness (QED) is 0.765. The van der Waals surface area contributed by atoms with Crippen molar-refractivity contribution in [3.05, 3.63) is 58.1 Å². The van der Waals surface area contributed by atoms with E-state index in [4.69, 9.17) is 4.74 Å². The van der Waals surface area contributed by atoms with Crippen LogP contribution in [0.15, 0.2) is 51.8 Å². The number of nitriles is 1. The standard InChI is InChI=1S/C15H12BrNOS/c1-19-15-8-4-7-14(12(15)9-17)18-10-11-5-2-3-6-13(11)16/h2-8H,10H2,1H3. The van der Waals surface area contributed by atoms with Gasteiger partial charge in [0.1, 0.15) is 24.0 Å². The summed E-state index contributed by atoms with van der Waals surface area (Å²) in [5, 5.41) is 9.23. The van der Waals surface area contributed by atoms with Gasteiger partial charge in [-0.3, -0.25) is 0 Å². The second kappa shape index (κ2) is 6.65. The molecule has 0 amide bonds. The smallest absolute Gasteiger partial charge is 0.138 e. The molecule has 0 heterocycles. The van der Waals surface area contributed by atoms with Crippen LogP contribution in [0.4, 0.5) is 0 Å². The zero-order chi connectivity index (χ0) is 13.7. The first-order valence-corrected chi connectivity index (χ1v) is 7.71. The summed E-state index contributed by atoms with van der Waals surface area (Å²) in [6.07, 6.45) is 1.95. The number of rotatable bonds is 4. The van der Waals surface area contributed by atoms with Gasteiger partial charge in [0.2, 0.25) is 0 Å². The molecule has 19 heavy (non-hydrogen) atoms. The Balaban J connectivity index is 2.21. The van der Waals surface area contributed by atoms with E-state index >= 15 is 0 Å². The molecule has 4 heteroatoms. The first kappa shape index (κ1) is 14.0. The fraction of sp³-hybridized carbons (Fsp3) is 0.133. The Morgan fingerprint density at radius 3 is 2.68 bits per heavy atom. The maximum Gasteiger partial charge on any atom is 0.138 e. The highest BCUT2D eigenvalue weighted by atomic mass is 79.9. The highest BCUT2D eigenvalue weighted by Crippen LogP contribution is 2.29. The number of nitrogens with zero attached hydrogens (tertiary/aromatic N) is 1. The molecule has 2 aromatic rings. The Labute approximate surface area is 125 Å². The summed E-state index contributed by atoms with van der Waals surface area (Å²) < 4.78 is 6.78.